The molecule has 0 unspecified atom stereocenters. The summed E-state index contributed by atoms with van der Waals surface area (Å²) < 4.78 is 18.1. The molecule has 22 heavy (non-hydrogen) atoms. The fourth-order valence-corrected chi connectivity index (χ4v) is 2.52. The van der Waals surface area contributed by atoms with E-state index < -0.39 is 5.82 Å². The van der Waals surface area contributed by atoms with Crippen molar-refractivity contribution in [3.63, 3.8) is 0 Å². The monoisotopic (exact) mass is 308 g/mol. The topological polar surface area (TPSA) is 49.9 Å². The quantitative estimate of drug-likeness (QED) is 0.848. The Balaban J connectivity index is 1.95. The second-order valence-electron chi connectivity index (χ2n) is 5.28. The van der Waals surface area contributed by atoms with Crippen molar-refractivity contribution >= 4 is 11.8 Å². The van der Waals surface area contributed by atoms with E-state index in [9.17, 15) is 14.0 Å². The van der Waals surface area contributed by atoms with E-state index in [1.165, 1.54) is 18.2 Å². The van der Waals surface area contributed by atoms with E-state index in [1.807, 2.05) is 0 Å². The maximum Gasteiger partial charge on any atom is 0.254 e. The zero-order chi connectivity index (χ0) is 15.9. The first kappa shape index (κ1) is 16.4. The molecular formula is C16H21FN2O3. The van der Waals surface area contributed by atoms with Crippen LogP contribution in [0.25, 0.3) is 0 Å². The summed E-state index contributed by atoms with van der Waals surface area (Å²) in [5.41, 5.74) is 0.346. The highest BCUT2D eigenvalue weighted by molar-refractivity contribution is 5.94. The Bertz CT molecular complexity index is 536. The van der Waals surface area contributed by atoms with Crippen LogP contribution in [0.15, 0.2) is 24.3 Å². The van der Waals surface area contributed by atoms with E-state index in [0.717, 1.165) is 6.42 Å². The van der Waals surface area contributed by atoms with Gasteiger partial charge in [0.1, 0.15) is 5.82 Å². The van der Waals surface area contributed by atoms with Crippen molar-refractivity contribution in [1.29, 1.82) is 0 Å². The third-order valence-electron chi connectivity index (χ3n) is 3.73. The molecule has 2 rings (SSSR count). The third kappa shape index (κ3) is 4.27. The highest BCUT2D eigenvalue weighted by atomic mass is 19.1. The van der Waals surface area contributed by atoms with Crippen molar-refractivity contribution in [2.75, 3.05) is 39.9 Å². The Kier molecular flexibility index (Phi) is 5.89. The van der Waals surface area contributed by atoms with Gasteiger partial charge < -0.3 is 14.5 Å². The number of amides is 2. The molecule has 6 heteroatoms. The Morgan fingerprint density at radius 3 is 2.64 bits per heavy atom. The molecule has 2 amide bonds. The molecule has 120 valence electrons. The van der Waals surface area contributed by atoms with Gasteiger partial charge in [-0.1, -0.05) is 6.07 Å². The summed E-state index contributed by atoms with van der Waals surface area (Å²) in [5, 5.41) is 0. The number of hydrogen-bond acceptors (Lipinski definition) is 3. The normalized spacial score (nSPS) is 15.5. The molecule has 0 radical (unpaired) electrons. The summed E-state index contributed by atoms with van der Waals surface area (Å²) in [5.74, 6) is -0.565. The van der Waals surface area contributed by atoms with Gasteiger partial charge in [-0.05, 0) is 24.6 Å². The molecule has 1 fully saturated rings. The van der Waals surface area contributed by atoms with Crippen molar-refractivity contribution in [2.24, 2.45) is 0 Å². The van der Waals surface area contributed by atoms with Crippen molar-refractivity contribution in [3.8, 4) is 0 Å². The Morgan fingerprint density at radius 2 is 1.91 bits per heavy atom. The molecule has 1 aliphatic rings. The van der Waals surface area contributed by atoms with Crippen LogP contribution in [0.2, 0.25) is 0 Å². The van der Waals surface area contributed by atoms with Gasteiger partial charge in [0.05, 0.1) is 13.0 Å². The number of carbonyl (C=O) groups excluding carboxylic acids is 2. The summed E-state index contributed by atoms with van der Waals surface area (Å²) in [6.45, 7) is 2.58. The molecule has 1 aliphatic heterocycles. The van der Waals surface area contributed by atoms with Crippen LogP contribution < -0.4 is 0 Å². The molecule has 0 saturated carbocycles. The number of benzene rings is 1. The molecule has 0 N–H and O–H groups in total. The maximum atomic E-state index is 13.2. The summed E-state index contributed by atoms with van der Waals surface area (Å²) in [6, 6.07) is 5.70. The largest absolute Gasteiger partial charge is 0.384 e. The van der Waals surface area contributed by atoms with E-state index in [2.05, 4.69) is 0 Å². The van der Waals surface area contributed by atoms with Gasteiger partial charge in [-0.2, -0.15) is 0 Å². The van der Waals surface area contributed by atoms with E-state index in [0.29, 0.717) is 44.8 Å². The summed E-state index contributed by atoms with van der Waals surface area (Å²) in [4.78, 5) is 27.8. The van der Waals surface area contributed by atoms with Gasteiger partial charge in [-0.15, -0.1) is 0 Å². The van der Waals surface area contributed by atoms with Gasteiger partial charge in [0.15, 0.2) is 0 Å². The van der Waals surface area contributed by atoms with E-state index >= 15 is 0 Å². The summed E-state index contributed by atoms with van der Waals surface area (Å²) >= 11 is 0. The number of ether oxygens (including phenoxy) is 1. The summed E-state index contributed by atoms with van der Waals surface area (Å²) in [6.07, 6.45) is 1.08. The smallest absolute Gasteiger partial charge is 0.254 e. The minimum atomic E-state index is -0.419. The predicted octanol–water partition coefficient (Wildman–Crippen LogP) is 1.54. The average Bonchev–Trinajstić information content (AvgIpc) is 2.78. The second-order valence-corrected chi connectivity index (χ2v) is 5.28. The van der Waals surface area contributed by atoms with Crippen molar-refractivity contribution < 1.29 is 18.7 Å². The minimum absolute atomic E-state index is 0.0434. The molecule has 1 saturated heterocycles. The first-order valence-corrected chi connectivity index (χ1v) is 7.43. The number of hydrogen-bond donors (Lipinski definition) is 0. The number of halogens is 1. The van der Waals surface area contributed by atoms with Crippen molar-refractivity contribution in [2.45, 2.75) is 12.8 Å². The molecule has 0 bridgehead atoms. The zero-order valence-electron chi connectivity index (χ0n) is 12.8. The lowest BCUT2D eigenvalue weighted by Crippen LogP contribution is -2.37. The molecule has 5 nitrogen and oxygen atoms in total. The Morgan fingerprint density at radius 1 is 1.18 bits per heavy atom. The van der Waals surface area contributed by atoms with E-state index in [4.69, 9.17) is 4.74 Å². The van der Waals surface area contributed by atoms with Crippen LogP contribution in [0.3, 0.4) is 0 Å². The Hall–Kier alpha value is -1.95. The van der Waals surface area contributed by atoms with Gasteiger partial charge in [0.2, 0.25) is 5.91 Å². The SMILES string of the molecule is COCCC(=O)N1CCCN(C(=O)c2cccc(F)c2)CC1. The van der Waals surface area contributed by atoms with Crippen LogP contribution in [0.4, 0.5) is 4.39 Å². The molecule has 1 heterocycles. The van der Waals surface area contributed by atoms with Gasteiger partial charge >= 0.3 is 0 Å². The van der Waals surface area contributed by atoms with Crippen LogP contribution in [0, 0.1) is 5.82 Å². The molecule has 0 aliphatic carbocycles. The molecule has 1 aromatic rings. The van der Waals surface area contributed by atoms with Gasteiger partial charge in [-0.3, -0.25) is 9.59 Å². The van der Waals surface area contributed by atoms with Crippen LogP contribution in [-0.4, -0.2) is 61.5 Å². The highest BCUT2D eigenvalue weighted by Gasteiger charge is 2.22. The third-order valence-corrected chi connectivity index (χ3v) is 3.73. The van der Waals surface area contributed by atoms with Gasteiger partial charge in [0.25, 0.3) is 5.91 Å². The van der Waals surface area contributed by atoms with E-state index in [1.54, 1.807) is 23.0 Å². The number of nitrogens with zero attached hydrogens (tertiary/aromatic N) is 2. The maximum absolute atomic E-state index is 13.2. The zero-order valence-corrected chi connectivity index (χ0v) is 12.8. The Labute approximate surface area is 129 Å². The molecule has 0 spiro atoms. The standard InChI is InChI=1S/C16H21FN2O3/c1-22-11-6-15(20)18-7-3-8-19(10-9-18)16(21)13-4-2-5-14(17)12-13/h2,4-5,12H,3,6-11H2,1H3. The molecule has 0 atom stereocenters. The highest BCUT2D eigenvalue weighted by Crippen LogP contribution is 2.11. The van der Waals surface area contributed by atoms with Gasteiger partial charge in [0, 0.05) is 38.9 Å². The first-order chi connectivity index (χ1) is 10.6. The van der Waals surface area contributed by atoms with Crippen LogP contribution in [0.5, 0.6) is 0 Å². The number of carbonyl (C=O) groups is 2. The van der Waals surface area contributed by atoms with Crippen molar-refractivity contribution in [1.82, 2.24) is 9.80 Å². The lowest BCUT2D eigenvalue weighted by Gasteiger charge is -2.22. The van der Waals surface area contributed by atoms with Crippen LogP contribution in [-0.2, 0) is 9.53 Å². The van der Waals surface area contributed by atoms with Crippen LogP contribution in [0.1, 0.15) is 23.2 Å². The van der Waals surface area contributed by atoms with Gasteiger partial charge in [-0.25, -0.2) is 4.39 Å². The lowest BCUT2D eigenvalue weighted by atomic mass is 10.2. The number of rotatable bonds is 4. The lowest BCUT2D eigenvalue weighted by molar-refractivity contribution is -0.132. The first-order valence-electron chi connectivity index (χ1n) is 7.43. The predicted molar refractivity (Wildman–Crippen MR) is 80.0 cm³/mol. The van der Waals surface area contributed by atoms with Crippen molar-refractivity contribution in [3.05, 3.63) is 35.6 Å². The fourth-order valence-electron chi connectivity index (χ4n) is 2.52. The molecule has 1 aromatic carbocycles. The van der Waals surface area contributed by atoms with Crippen LogP contribution >= 0.6 is 0 Å². The van der Waals surface area contributed by atoms with E-state index in [-0.39, 0.29) is 11.8 Å². The number of methoxy groups -OCH3 is 1. The fraction of sp³-hybridized carbons (Fsp3) is 0.500. The molecule has 0 aromatic heterocycles. The minimum Gasteiger partial charge on any atom is -0.384 e. The summed E-state index contributed by atoms with van der Waals surface area (Å²) in [7, 11) is 1.56. The second kappa shape index (κ2) is 7.89. The molecular weight excluding hydrogens is 287 g/mol. The average molecular weight is 308 g/mol.